The third kappa shape index (κ3) is 6.02. The van der Waals surface area contributed by atoms with Crippen molar-refractivity contribution < 1.29 is 14.6 Å². The van der Waals surface area contributed by atoms with Crippen LogP contribution in [0, 0.1) is 5.92 Å². The molecule has 3 atom stereocenters. The Morgan fingerprint density at radius 1 is 1.23 bits per heavy atom. The van der Waals surface area contributed by atoms with Crippen LogP contribution in [0.2, 0.25) is 0 Å². The lowest BCUT2D eigenvalue weighted by atomic mass is 9.94. The van der Waals surface area contributed by atoms with Gasteiger partial charge in [0.1, 0.15) is 0 Å². The van der Waals surface area contributed by atoms with Gasteiger partial charge in [0.05, 0.1) is 12.3 Å². The summed E-state index contributed by atoms with van der Waals surface area (Å²) in [6.45, 7) is 5.21. The fraction of sp³-hybridized carbons (Fsp3) is 0.696. The number of piperidine rings is 1. The van der Waals surface area contributed by atoms with Crippen LogP contribution in [0.5, 0.6) is 0 Å². The Morgan fingerprint density at radius 3 is 2.87 bits per heavy atom. The van der Waals surface area contributed by atoms with Crippen molar-refractivity contribution in [3.63, 3.8) is 0 Å². The SMILES string of the molecule is O=C(NC[C@H](O)CN1CCc2ccccc2C1)C1CCNC(NC2CCOCC2)C1. The number of amides is 1. The van der Waals surface area contributed by atoms with Gasteiger partial charge in [0, 0.05) is 51.4 Å². The molecule has 7 heteroatoms. The van der Waals surface area contributed by atoms with E-state index in [9.17, 15) is 9.90 Å². The third-order valence-corrected chi connectivity index (χ3v) is 6.62. The number of benzene rings is 1. The van der Waals surface area contributed by atoms with Crippen LogP contribution in [0.4, 0.5) is 0 Å². The lowest BCUT2D eigenvalue weighted by Crippen LogP contribution is -2.54. The second-order valence-electron chi connectivity index (χ2n) is 8.93. The molecule has 2 fully saturated rings. The van der Waals surface area contributed by atoms with Gasteiger partial charge in [0.2, 0.25) is 5.91 Å². The lowest BCUT2D eigenvalue weighted by molar-refractivity contribution is -0.126. The molecule has 0 bridgehead atoms. The predicted octanol–water partition coefficient (Wildman–Crippen LogP) is 0.616. The summed E-state index contributed by atoms with van der Waals surface area (Å²) in [5.41, 5.74) is 2.75. The molecule has 4 N–H and O–H groups in total. The minimum Gasteiger partial charge on any atom is -0.390 e. The van der Waals surface area contributed by atoms with Crippen molar-refractivity contribution in [1.29, 1.82) is 0 Å². The second kappa shape index (κ2) is 10.7. The predicted molar refractivity (Wildman–Crippen MR) is 116 cm³/mol. The number of aliphatic hydroxyl groups excluding tert-OH is 1. The number of β-amino-alcohol motifs (C(OH)–C–C–N with tert-alkyl or cyclic N) is 1. The summed E-state index contributed by atoms with van der Waals surface area (Å²) in [6, 6.07) is 8.98. The van der Waals surface area contributed by atoms with E-state index < -0.39 is 6.10 Å². The van der Waals surface area contributed by atoms with Crippen LogP contribution in [0.25, 0.3) is 0 Å². The number of hydrogen-bond acceptors (Lipinski definition) is 6. The van der Waals surface area contributed by atoms with Gasteiger partial charge < -0.3 is 20.5 Å². The summed E-state index contributed by atoms with van der Waals surface area (Å²) in [5, 5.41) is 20.6. The van der Waals surface area contributed by atoms with Gasteiger partial charge >= 0.3 is 0 Å². The number of nitrogens with zero attached hydrogens (tertiary/aromatic N) is 1. The molecule has 0 saturated carbocycles. The van der Waals surface area contributed by atoms with E-state index in [1.54, 1.807) is 0 Å². The molecule has 0 radical (unpaired) electrons. The maximum atomic E-state index is 12.7. The first-order valence-corrected chi connectivity index (χ1v) is 11.5. The largest absolute Gasteiger partial charge is 0.390 e. The summed E-state index contributed by atoms with van der Waals surface area (Å²) < 4.78 is 5.42. The smallest absolute Gasteiger partial charge is 0.223 e. The molecular formula is C23H36N4O3. The molecule has 0 aliphatic carbocycles. The normalized spacial score (nSPS) is 26.7. The van der Waals surface area contributed by atoms with Crippen molar-refractivity contribution in [2.75, 3.05) is 39.4 Å². The van der Waals surface area contributed by atoms with Crippen LogP contribution < -0.4 is 16.0 Å². The molecule has 7 nitrogen and oxygen atoms in total. The van der Waals surface area contributed by atoms with Gasteiger partial charge in [-0.15, -0.1) is 0 Å². The van der Waals surface area contributed by atoms with E-state index in [1.807, 2.05) is 0 Å². The van der Waals surface area contributed by atoms with E-state index in [0.29, 0.717) is 19.1 Å². The lowest BCUT2D eigenvalue weighted by Gasteiger charge is -2.34. The Kier molecular flexibility index (Phi) is 7.73. The molecule has 1 amide bonds. The molecule has 0 spiro atoms. The van der Waals surface area contributed by atoms with Crippen molar-refractivity contribution in [3.05, 3.63) is 35.4 Å². The molecule has 30 heavy (non-hydrogen) atoms. The Hall–Kier alpha value is -1.51. The van der Waals surface area contributed by atoms with E-state index in [1.165, 1.54) is 11.1 Å². The van der Waals surface area contributed by atoms with Crippen molar-refractivity contribution in [2.45, 2.75) is 57.0 Å². The van der Waals surface area contributed by atoms with Crippen LogP contribution >= 0.6 is 0 Å². The summed E-state index contributed by atoms with van der Waals surface area (Å²) >= 11 is 0. The topological polar surface area (TPSA) is 85.9 Å². The van der Waals surface area contributed by atoms with Crippen molar-refractivity contribution in [2.24, 2.45) is 5.92 Å². The number of hydrogen-bond donors (Lipinski definition) is 4. The van der Waals surface area contributed by atoms with E-state index in [0.717, 1.165) is 65.0 Å². The highest BCUT2D eigenvalue weighted by Gasteiger charge is 2.29. The number of fused-ring (bicyclic) bond motifs is 1. The number of ether oxygens (including phenoxy) is 1. The Bertz CT molecular complexity index is 695. The maximum Gasteiger partial charge on any atom is 0.223 e. The Morgan fingerprint density at radius 2 is 2.03 bits per heavy atom. The van der Waals surface area contributed by atoms with Gasteiger partial charge in [0.15, 0.2) is 0 Å². The molecule has 3 heterocycles. The second-order valence-corrected chi connectivity index (χ2v) is 8.93. The summed E-state index contributed by atoms with van der Waals surface area (Å²) in [4.78, 5) is 15.0. The number of carbonyl (C=O) groups excluding carboxylic acids is 1. The first-order valence-electron chi connectivity index (χ1n) is 11.5. The van der Waals surface area contributed by atoms with Crippen molar-refractivity contribution >= 4 is 5.91 Å². The highest BCUT2D eigenvalue weighted by atomic mass is 16.5. The Labute approximate surface area is 179 Å². The van der Waals surface area contributed by atoms with Gasteiger partial charge in [-0.05, 0) is 49.8 Å². The maximum absolute atomic E-state index is 12.7. The number of aliphatic hydroxyl groups is 1. The van der Waals surface area contributed by atoms with Gasteiger partial charge in [-0.25, -0.2) is 0 Å². The van der Waals surface area contributed by atoms with Gasteiger partial charge in [-0.1, -0.05) is 24.3 Å². The van der Waals surface area contributed by atoms with Crippen LogP contribution in [-0.4, -0.2) is 73.6 Å². The first-order chi connectivity index (χ1) is 14.7. The van der Waals surface area contributed by atoms with Gasteiger partial charge in [-0.2, -0.15) is 0 Å². The zero-order valence-electron chi connectivity index (χ0n) is 17.8. The molecule has 3 aliphatic rings. The molecule has 2 unspecified atom stereocenters. The highest BCUT2D eigenvalue weighted by Crippen LogP contribution is 2.19. The van der Waals surface area contributed by atoms with Gasteiger partial charge in [0.25, 0.3) is 0 Å². The highest BCUT2D eigenvalue weighted by molar-refractivity contribution is 5.78. The summed E-state index contributed by atoms with van der Waals surface area (Å²) in [7, 11) is 0. The zero-order chi connectivity index (χ0) is 20.8. The molecule has 4 rings (SSSR count). The molecule has 166 valence electrons. The average Bonchev–Trinajstić information content (AvgIpc) is 2.78. The van der Waals surface area contributed by atoms with E-state index in [-0.39, 0.29) is 18.0 Å². The molecule has 1 aromatic rings. The monoisotopic (exact) mass is 416 g/mol. The number of nitrogens with one attached hydrogen (secondary N) is 3. The molecule has 1 aromatic carbocycles. The molecule has 3 aliphatic heterocycles. The molecule has 2 saturated heterocycles. The summed E-state index contributed by atoms with van der Waals surface area (Å²) in [5.74, 6) is 0.0657. The fourth-order valence-corrected chi connectivity index (χ4v) is 4.87. The van der Waals surface area contributed by atoms with Gasteiger partial charge in [-0.3, -0.25) is 15.0 Å². The van der Waals surface area contributed by atoms with E-state index in [4.69, 9.17) is 4.74 Å². The van der Waals surface area contributed by atoms with Crippen molar-refractivity contribution in [3.8, 4) is 0 Å². The van der Waals surface area contributed by atoms with Crippen LogP contribution in [0.15, 0.2) is 24.3 Å². The fourth-order valence-electron chi connectivity index (χ4n) is 4.87. The van der Waals surface area contributed by atoms with Crippen LogP contribution in [-0.2, 0) is 22.5 Å². The quantitative estimate of drug-likeness (QED) is 0.521. The zero-order valence-corrected chi connectivity index (χ0v) is 17.8. The molecule has 0 aromatic heterocycles. The van der Waals surface area contributed by atoms with E-state index in [2.05, 4.69) is 45.1 Å². The summed E-state index contributed by atoms with van der Waals surface area (Å²) in [6.07, 6.45) is 4.35. The van der Waals surface area contributed by atoms with E-state index >= 15 is 0 Å². The standard InChI is InChI=1S/C23H36N4O3/c28-21(16-27-10-6-17-3-1-2-4-19(17)15-27)14-25-23(29)18-5-9-24-22(13-18)26-20-7-11-30-12-8-20/h1-4,18,20-22,24,26,28H,5-16H2,(H,25,29)/t18?,21-,22?/m0/s1. The molecular weight excluding hydrogens is 380 g/mol. The number of rotatable bonds is 7. The van der Waals surface area contributed by atoms with Crippen LogP contribution in [0.3, 0.4) is 0 Å². The first kappa shape index (κ1) is 21.7. The number of carbonyl (C=O) groups is 1. The van der Waals surface area contributed by atoms with Crippen LogP contribution in [0.1, 0.15) is 36.8 Å². The minimum atomic E-state index is -0.544. The third-order valence-electron chi connectivity index (χ3n) is 6.62. The Balaban J connectivity index is 1.17. The average molecular weight is 417 g/mol. The minimum absolute atomic E-state index is 0.00217. The van der Waals surface area contributed by atoms with Crippen molar-refractivity contribution in [1.82, 2.24) is 20.9 Å².